The molecule has 0 saturated heterocycles. The van der Waals surface area contributed by atoms with E-state index in [2.05, 4.69) is 34.9 Å². The van der Waals surface area contributed by atoms with Crippen molar-refractivity contribution in [1.29, 1.82) is 0 Å². The van der Waals surface area contributed by atoms with Crippen LogP contribution in [0.1, 0.15) is 50.2 Å². The molecule has 0 aliphatic heterocycles. The average molecular weight is 477 g/mol. The Balaban J connectivity index is 1.32. The topological polar surface area (TPSA) is 105 Å². The van der Waals surface area contributed by atoms with Crippen molar-refractivity contribution in [2.24, 2.45) is 11.8 Å². The SMILES string of the molecule is CC(C)CC(NC(=O)[C@@H]1CC=C[C@@H](NC(=O)OCC2c3ccccc3-c3ccccc32)C1)C(=O)O. The third-order valence-corrected chi connectivity index (χ3v) is 6.67. The van der Waals surface area contributed by atoms with Crippen molar-refractivity contribution in [3.05, 3.63) is 71.8 Å². The summed E-state index contributed by atoms with van der Waals surface area (Å²) in [5.41, 5.74) is 4.62. The molecule has 184 valence electrons. The number of hydrogen-bond acceptors (Lipinski definition) is 4. The first-order valence-electron chi connectivity index (χ1n) is 12.1. The van der Waals surface area contributed by atoms with E-state index in [1.54, 1.807) is 0 Å². The van der Waals surface area contributed by atoms with Crippen LogP contribution < -0.4 is 10.6 Å². The molecule has 2 aliphatic carbocycles. The number of nitrogens with one attached hydrogen (secondary N) is 2. The molecule has 2 amide bonds. The van der Waals surface area contributed by atoms with Crippen LogP contribution in [0.4, 0.5) is 4.79 Å². The molecule has 2 aliphatic rings. The first-order chi connectivity index (χ1) is 16.8. The van der Waals surface area contributed by atoms with Gasteiger partial charge in [-0.3, -0.25) is 4.79 Å². The van der Waals surface area contributed by atoms with Crippen molar-refractivity contribution in [1.82, 2.24) is 10.6 Å². The molecule has 0 heterocycles. The van der Waals surface area contributed by atoms with E-state index in [0.29, 0.717) is 19.3 Å². The number of ether oxygens (including phenoxy) is 1. The zero-order chi connectivity index (χ0) is 24.9. The lowest BCUT2D eigenvalue weighted by Crippen LogP contribution is -2.46. The molecule has 7 nitrogen and oxygen atoms in total. The highest BCUT2D eigenvalue weighted by molar-refractivity contribution is 5.85. The van der Waals surface area contributed by atoms with Crippen molar-refractivity contribution >= 4 is 18.0 Å². The van der Waals surface area contributed by atoms with Crippen molar-refractivity contribution < 1.29 is 24.2 Å². The molecule has 0 spiro atoms. The summed E-state index contributed by atoms with van der Waals surface area (Å²) in [6, 6.07) is 15.0. The maximum absolute atomic E-state index is 12.7. The normalized spacial score (nSPS) is 19.5. The molecule has 0 saturated carbocycles. The largest absolute Gasteiger partial charge is 0.480 e. The smallest absolute Gasteiger partial charge is 0.407 e. The monoisotopic (exact) mass is 476 g/mol. The van der Waals surface area contributed by atoms with Gasteiger partial charge in [-0.25, -0.2) is 9.59 Å². The number of carboxylic acids is 1. The maximum atomic E-state index is 12.7. The molecule has 1 unspecified atom stereocenters. The quantitative estimate of drug-likeness (QED) is 0.488. The highest BCUT2D eigenvalue weighted by atomic mass is 16.5. The molecular weight excluding hydrogens is 444 g/mol. The van der Waals surface area contributed by atoms with Gasteiger partial charge in [-0.05, 0) is 47.4 Å². The van der Waals surface area contributed by atoms with Crippen LogP contribution >= 0.6 is 0 Å². The number of carbonyl (C=O) groups excluding carboxylic acids is 2. The van der Waals surface area contributed by atoms with Crippen molar-refractivity contribution in [2.75, 3.05) is 6.61 Å². The van der Waals surface area contributed by atoms with Gasteiger partial charge in [0.25, 0.3) is 0 Å². The molecular formula is C28H32N2O5. The minimum Gasteiger partial charge on any atom is -0.480 e. The second kappa shape index (κ2) is 10.8. The molecule has 0 radical (unpaired) electrons. The van der Waals surface area contributed by atoms with Gasteiger partial charge in [0.2, 0.25) is 5.91 Å². The Bertz CT molecular complexity index is 1080. The first kappa shape index (κ1) is 24.5. The third-order valence-electron chi connectivity index (χ3n) is 6.67. The predicted molar refractivity (Wildman–Crippen MR) is 133 cm³/mol. The van der Waals surface area contributed by atoms with E-state index in [9.17, 15) is 19.5 Å². The standard InChI is InChI=1S/C28H32N2O5/c1-17(2)14-25(27(32)33)30-26(31)18-8-7-9-19(15-18)29-28(34)35-16-24-22-12-5-3-10-20(22)21-11-4-6-13-23(21)24/h3-7,9-13,17-19,24-25H,8,14-16H2,1-2H3,(H,29,34)(H,30,31)(H,32,33)/t18-,19-,25?/m1/s1. The number of aliphatic carboxylic acids is 1. The summed E-state index contributed by atoms with van der Waals surface area (Å²) >= 11 is 0. The Morgan fingerprint density at radius 3 is 2.26 bits per heavy atom. The Labute approximate surface area is 205 Å². The van der Waals surface area contributed by atoms with Crippen LogP contribution in [0.15, 0.2) is 60.7 Å². The molecule has 0 aromatic heterocycles. The number of carbonyl (C=O) groups is 3. The summed E-state index contributed by atoms with van der Waals surface area (Å²) in [5.74, 6) is -1.63. The highest BCUT2D eigenvalue weighted by Crippen LogP contribution is 2.44. The van der Waals surface area contributed by atoms with Gasteiger partial charge < -0.3 is 20.5 Å². The second-order valence-electron chi connectivity index (χ2n) is 9.70. The van der Waals surface area contributed by atoms with Crippen LogP contribution in [0.25, 0.3) is 11.1 Å². The van der Waals surface area contributed by atoms with Crippen molar-refractivity contribution in [2.45, 2.75) is 51.1 Å². The van der Waals surface area contributed by atoms with Crippen LogP contribution in [0.2, 0.25) is 0 Å². The summed E-state index contributed by atoms with van der Waals surface area (Å²) in [4.78, 5) is 36.8. The summed E-state index contributed by atoms with van der Waals surface area (Å²) in [6.07, 6.45) is 4.42. The number of hydrogen-bond donors (Lipinski definition) is 3. The van der Waals surface area contributed by atoms with Crippen LogP contribution in [0.5, 0.6) is 0 Å². The number of carboxylic acid groups (broad SMARTS) is 1. The number of benzene rings is 2. The van der Waals surface area contributed by atoms with Gasteiger partial charge >= 0.3 is 12.1 Å². The van der Waals surface area contributed by atoms with E-state index in [0.717, 1.165) is 11.1 Å². The summed E-state index contributed by atoms with van der Waals surface area (Å²) < 4.78 is 5.62. The fourth-order valence-electron chi connectivity index (χ4n) is 4.98. The van der Waals surface area contributed by atoms with E-state index in [-0.39, 0.29) is 30.4 Å². The average Bonchev–Trinajstić information content (AvgIpc) is 3.16. The lowest BCUT2D eigenvalue weighted by Gasteiger charge is -2.26. The molecule has 2 aromatic rings. The fourth-order valence-corrected chi connectivity index (χ4v) is 4.98. The Kier molecular flexibility index (Phi) is 7.54. The van der Waals surface area contributed by atoms with Crippen LogP contribution in [0.3, 0.4) is 0 Å². The minimum absolute atomic E-state index is 0.0255. The van der Waals surface area contributed by atoms with Crippen LogP contribution in [-0.2, 0) is 14.3 Å². The number of amides is 2. The van der Waals surface area contributed by atoms with Gasteiger partial charge in [-0.15, -0.1) is 0 Å². The van der Waals surface area contributed by atoms with Gasteiger partial charge in [-0.2, -0.15) is 0 Å². The number of allylic oxidation sites excluding steroid dienone is 1. The number of fused-ring (bicyclic) bond motifs is 3. The third kappa shape index (κ3) is 5.73. The number of alkyl carbamates (subject to hydrolysis) is 1. The summed E-state index contributed by atoms with van der Waals surface area (Å²) in [7, 11) is 0. The van der Waals surface area contributed by atoms with E-state index >= 15 is 0 Å². The predicted octanol–water partition coefficient (Wildman–Crippen LogP) is 4.48. The molecule has 4 rings (SSSR count). The molecule has 0 fully saturated rings. The van der Waals surface area contributed by atoms with E-state index in [1.165, 1.54) is 11.1 Å². The van der Waals surface area contributed by atoms with E-state index in [1.807, 2.05) is 50.3 Å². The van der Waals surface area contributed by atoms with E-state index in [4.69, 9.17) is 4.74 Å². The van der Waals surface area contributed by atoms with Crippen LogP contribution in [-0.4, -0.2) is 41.8 Å². The molecule has 0 bridgehead atoms. The molecule has 3 atom stereocenters. The Morgan fingerprint density at radius 2 is 1.66 bits per heavy atom. The fraction of sp³-hybridized carbons (Fsp3) is 0.393. The zero-order valence-electron chi connectivity index (χ0n) is 20.1. The maximum Gasteiger partial charge on any atom is 0.407 e. The Hall–Kier alpha value is -3.61. The van der Waals surface area contributed by atoms with Gasteiger partial charge in [-0.1, -0.05) is 74.5 Å². The van der Waals surface area contributed by atoms with Gasteiger partial charge in [0.15, 0.2) is 0 Å². The lowest BCUT2D eigenvalue weighted by molar-refractivity contribution is -0.143. The number of rotatable bonds is 8. The highest BCUT2D eigenvalue weighted by Gasteiger charge is 2.31. The van der Waals surface area contributed by atoms with E-state index < -0.39 is 24.0 Å². The minimum atomic E-state index is -1.04. The van der Waals surface area contributed by atoms with Crippen LogP contribution in [0, 0.1) is 11.8 Å². The second-order valence-corrected chi connectivity index (χ2v) is 9.70. The summed E-state index contributed by atoms with van der Waals surface area (Å²) in [5, 5.41) is 14.9. The van der Waals surface area contributed by atoms with Gasteiger partial charge in [0.05, 0.1) is 6.04 Å². The van der Waals surface area contributed by atoms with Gasteiger partial charge in [0, 0.05) is 11.8 Å². The summed E-state index contributed by atoms with van der Waals surface area (Å²) in [6.45, 7) is 4.05. The van der Waals surface area contributed by atoms with Crippen molar-refractivity contribution in [3.8, 4) is 11.1 Å². The Morgan fingerprint density at radius 1 is 1.03 bits per heavy atom. The molecule has 2 aromatic carbocycles. The first-order valence-corrected chi connectivity index (χ1v) is 12.1. The molecule has 7 heteroatoms. The van der Waals surface area contributed by atoms with Crippen molar-refractivity contribution in [3.63, 3.8) is 0 Å². The zero-order valence-corrected chi connectivity index (χ0v) is 20.1. The van der Waals surface area contributed by atoms with Gasteiger partial charge in [0.1, 0.15) is 12.6 Å². The molecule has 3 N–H and O–H groups in total. The lowest BCUT2D eigenvalue weighted by atomic mass is 9.90. The molecule has 35 heavy (non-hydrogen) atoms.